The Morgan fingerprint density at radius 2 is 1.73 bits per heavy atom. The predicted octanol–water partition coefficient (Wildman–Crippen LogP) is 4.25. The van der Waals surface area contributed by atoms with E-state index >= 15 is 0 Å². The molecule has 9 nitrogen and oxygen atoms in total. The molecule has 4 rings (SSSR count). The van der Waals surface area contributed by atoms with Gasteiger partial charge in [0, 0.05) is 12.1 Å². The highest BCUT2D eigenvalue weighted by molar-refractivity contribution is 8.18. The normalized spacial score (nSPS) is 16.1. The van der Waals surface area contributed by atoms with Gasteiger partial charge in [-0.2, -0.15) is 8.42 Å². The number of non-ortho nitro benzene ring substituents is 1. The summed E-state index contributed by atoms with van der Waals surface area (Å²) < 4.78 is 30.0. The van der Waals surface area contributed by atoms with Crippen molar-refractivity contribution in [3.05, 3.63) is 99.4 Å². The Hall–Kier alpha value is -3.96. The number of para-hydroxylation sites is 1. The van der Waals surface area contributed by atoms with Crippen molar-refractivity contribution in [1.82, 2.24) is 5.32 Å². The van der Waals surface area contributed by atoms with E-state index in [0.717, 1.165) is 6.07 Å². The molecule has 0 spiro atoms. The van der Waals surface area contributed by atoms with Crippen LogP contribution >= 0.6 is 11.8 Å². The Labute approximate surface area is 193 Å². The third kappa shape index (κ3) is 5.45. The monoisotopic (exact) mass is 481 g/mol. The molecule has 0 unspecified atom stereocenters. The van der Waals surface area contributed by atoms with E-state index in [9.17, 15) is 23.3 Å². The van der Waals surface area contributed by atoms with Crippen LogP contribution in [-0.2, 0) is 14.9 Å². The van der Waals surface area contributed by atoms with Gasteiger partial charge in [0.2, 0.25) is 0 Å². The van der Waals surface area contributed by atoms with Crippen molar-refractivity contribution in [2.24, 2.45) is 4.99 Å². The number of nitro groups is 1. The molecule has 0 radical (unpaired) electrons. The van der Waals surface area contributed by atoms with Crippen molar-refractivity contribution in [3.63, 3.8) is 0 Å². The number of nitrogens with one attached hydrogen (secondary N) is 1. The summed E-state index contributed by atoms with van der Waals surface area (Å²) in [5.74, 6) is -0.262. The summed E-state index contributed by atoms with van der Waals surface area (Å²) in [6.45, 7) is 0. The molecule has 0 bridgehead atoms. The van der Waals surface area contributed by atoms with E-state index in [0.29, 0.717) is 21.3 Å². The zero-order valence-electron chi connectivity index (χ0n) is 16.7. The van der Waals surface area contributed by atoms with Gasteiger partial charge in [-0.05, 0) is 53.7 Å². The zero-order valence-corrected chi connectivity index (χ0v) is 18.4. The first-order chi connectivity index (χ1) is 15.8. The fraction of sp³-hybridized carbons (Fsp3) is 0. The van der Waals surface area contributed by atoms with E-state index in [-0.39, 0.29) is 22.2 Å². The molecule has 0 saturated carbocycles. The molecule has 1 aliphatic heterocycles. The average molecular weight is 482 g/mol. The Kier molecular flexibility index (Phi) is 6.24. The van der Waals surface area contributed by atoms with E-state index in [4.69, 9.17) is 4.18 Å². The lowest BCUT2D eigenvalue weighted by atomic mass is 10.2. The summed E-state index contributed by atoms with van der Waals surface area (Å²) >= 11 is 1.19. The lowest BCUT2D eigenvalue weighted by molar-refractivity contribution is -0.385. The number of carbonyl (C=O) groups is 1. The van der Waals surface area contributed by atoms with E-state index in [1.807, 2.05) is 30.3 Å². The molecule has 3 aromatic rings. The van der Waals surface area contributed by atoms with Crippen LogP contribution in [0.25, 0.3) is 6.08 Å². The molecular weight excluding hydrogens is 466 g/mol. The molecule has 1 amide bonds. The van der Waals surface area contributed by atoms with Crippen LogP contribution in [0.4, 0.5) is 11.4 Å². The molecule has 0 aromatic heterocycles. The fourth-order valence-corrected chi connectivity index (χ4v) is 4.61. The zero-order chi connectivity index (χ0) is 23.4. The minimum absolute atomic E-state index is 0.0264. The molecular formula is C22H15N3O6S2. The second kappa shape index (κ2) is 9.27. The standard InChI is InChI=1S/C22H15N3O6S2/c26-21-20(32-22(24-21)23-16-5-2-1-3-6-16)13-15-9-11-18(12-10-15)31-33(29,30)19-8-4-7-17(14-19)25(27)28/h1-14H,(H,23,24,26)/b20-13-. The number of nitro benzene ring substituents is 1. The molecule has 166 valence electrons. The lowest BCUT2D eigenvalue weighted by Gasteiger charge is -2.07. The van der Waals surface area contributed by atoms with Crippen LogP contribution in [-0.4, -0.2) is 24.4 Å². The Morgan fingerprint density at radius 3 is 2.42 bits per heavy atom. The number of aliphatic imine (C=N–C) groups is 1. The molecule has 3 aromatic carbocycles. The summed E-state index contributed by atoms with van der Waals surface area (Å²) in [5, 5.41) is 14.0. The van der Waals surface area contributed by atoms with Crippen LogP contribution in [0.15, 0.2) is 93.7 Å². The van der Waals surface area contributed by atoms with Crippen LogP contribution in [0, 0.1) is 10.1 Å². The van der Waals surface area contributed by atoms with Gasteiger partial charge in [0.05, 0.1) is 15.5 Å². The Balaban J connectivity index is 1.48. The van der Waals surface area contributed by atoms with Crippen LogP contribution in [0.5, 0.6) is 5.75 Å². The molecule has 1 N–H and O–H groups in total. The number of benzene rings is 3. The number of hydrogen-bond acceptors (Lipinski definition) is 8. The Morgan fingerprint density at radius 1 is 1.00 bits per heavy atom. The predicted molar refractivity (Wildman–Crippen MR) is 125 cm³/mol. The average Bonchev–Trinajstić information content (AvgIpc) is 3.14. The number of hydrogen-bond donors (Lipinski definition) is 1. The van der Waals surface area contributed by atoms with Crippen molar-refractivity contribution >= 4 is 50.4 Å². The maximum Gasteiger partial charge on any atom is 0.339 e. The van der Waals surface area contributed by atoms with Crippen LogP contribution in [0.2, 0.25) is 0 Å². The van der Waals surface area contributed by atoms with Crippen molar-refractivity contribution in [2.45, 2.75) is 4.90 Å². The smallest absolute Gasteiger partial charge is 0.339 e. The van der Waals surface area contributed by atoms with Gasteiger partial charge in [0.1, 0.15) is 10.6 Å². The van der Waals surface area contributed by atoms with Crippen molar-refractivity contribution in [2.75, 3.05) is 0 Å². The minimum Gasteiger partial charge on any atom is -0.379 e. The first-order valence-electron chi connectivity index (χ1n) is 9.44. The Bertz CT molecular complexity index is 1390. The van der Waals surface area contributed by atoms with E-state index < -0.39 is 15.0 Å². The van der Waals surface area contributed by atoms with Gasteiger partial charge in [-0.25, -0.2) is 4.99 Å². The van der Waals surface area contributed by atoms with Crippen molar-refractivity contribution in [3.8, 4) is 5.75 Å². The van der Waals surface area contributed by atoms with Gasteiger partial charge < -0.3 is 9.50 Å². The highest BCUT2D eigenvalue weighted by Gasteiger charge is 2.24. The van der Waals surface area contributed by atoms with E-state index in [1.54, 1.807) is 18.2 Å². The first kappa shape index (κ1) is 22.2. The van der Waals surface area contributed by atoms with E-state index in [1.165, 1.54) is 42.1 Å². The molecule has 1 fully saturated rings. The first-order valence-corrected chi connectivity index (χ1v) is 11.7. The number of carbonyl (C=O) groups excluding carboxylic acids is 1. The van der Waals surface area contributed by atoms with Gasteiger partial charge in [-0.1, -0.05) is 36.4 Å². The van der Waals surface area contributed by atoms with Gasteiger partial charge in [0.25, 0.3) is 11.6 Å². The second-order valence-electron chi connectivity index (χ2n) is 6.68. The largest absolute Gasteiger partial charge is 0.379 e. The molecule has 1 saturated heterocycles. The number of amidine groups is 1. The number of nitrogens with zero attached hydrogens (tertiary/aromatic N) is 2. The minimum atomic E-state index is -4.25. The number of rotatable bonds is 6. The molecule has 33 heavy (non-hydrogen) atoms. The van der Waals surface area contributed by atoms with Crippen molar-refractivity contribution in [1.29, 1.82) is 0 Å². The summed E-state index contributed by atoms with van der Waals surface area (Å²) in [5.41, 5.74) is 1.01. The highest BCUT2D eigenvalue weighted by atomic mass is 32.2. The van der Waals surface area contributed by atoms with Crippen LogP contribution in [0.1, 0.15) is 5.56 Å². The summed E-state index contributed by atoms with van der Waals surface area (Å²) in [4.78, 5) is 26.9. The van der Waals surface area contributed by atoms with Gasteiger partial charge >= 0.3 is 10.1 Å². The molecule has 1 heterocycles. The van der Waals surface area contributed by atoms with Crippen LogP contribution in [0.3, 0.4) is 0 Å². The maximum absolute atomic E-state index is 12.4. The molecule has 0 atom stereocenters. The maximum atomic E-state index is 12.4. The van der Waals surface area contributed by atoms with Crippen molar-refractivity contribution < 1.29 is 22.3 Å². The van der Waals surface area contributed by atoms with E-state index in [2.05, 4.69) is 10.3 Å². The topological polar surface area (TPSA) is 128 Å². The van der Waals surface area contributed by atoms with Crippen LogP contribution < -0.4 is 9.50 Å². The second-order valence-corrected chi connectivity index (χ2v) is 9.26. The third-order valence-corrected chi connectivity index (χ3v) is 6.49. The lowest BCUT2D eigenvalue weighted by Crippen LogP contribution is -2.19. The quantitative estimate of drug-likeness (QED) is 0.241. The van der Waals surface area contributed by atoms with Gasteiger partial charge in [0.15, 0.2) is 5.17 Å². The number of amides is 1. The summed E-state index contributed by atoms with van der Waals surface area (Å²) in [7, 11) is -4.25. The highest BCUT2D eigenvalue weighted by Crippen LogP contribution is 2.29. The number of thioether (sulfide) groups is 1. The summed E-state index contributed by atoms with van der Waals surface area (Å²) in [6.07, 6.45) is 1.65. The van der Waals surface area contributed by atoms with Gasteiger partial charge in [-0.3, -0.25) is 14.9 Å². The summed E-state index contributed by atoms with van der Waals surface area (Å²) in [6, 6.07) is 19.8. The SMILES string of the molecule is O=C1NC(=Nc2ccccc2)S/C1=C\c1ccc(OS(=O)(=O)c2cccc([N+](=O)[O-])c2)cc1. The molecule has 11 heteroatoms. The van der Waals surface area contributed by atoms with Gasteiger partial charge in [-0.15, -0.1) is 0 Å². The fourth-order valence-electron chi connectivity index (χ4n) is 2.80. The third-order valence-electron chi connectivity index (χ3n) is 4.34. The molecule has 0 aliphatic carbocycles. The molecule has 1 aliphatic rings.